The van der Waals surface area contributed by atoms with Crippen molar-refractivity contribution in [2.24, 2.45) is 0 Å². The monoisotopic (exact) mass is 294 g/mol. The number of benzene rings is 1. The highest BCUT2D eigenvalue weighted by atomic mass is 16.6. The molecular weight excluding hydrogens is 272 g/mol. The maximum atomic E-state index is 11.9. The molecule has 0 atom stereocenters. The first-order chi connectivity index (χ1) is 10.0. The van der Waals surface area contributed by atoms with Gasteiger partial charge in [-0.1, -0.05) is 0 Å². The molecule has 0 heterocycles. The highest BCUT2D eigenvalue weighted by Crippen LogP contribution is 2.24. The van der Waals surface area contributed by atoms with Gasteiger partial charge in [0.15, 0.2) is 0 Å². The molecule has 0 aliphatic carbocycles. The number of carbonyl (C=O) groups excluding carboxylic acids is 1. The lowest BCUT2D eigenvalue weighted by Crippen LogP contribution is -2.35. The molecule has 0 saturated heterocycles. The Labute approximate surface area is 124 Å². The van der Waals surface area contributed by atoms with Crippen molar-refractivity contribution in [1.82, 2.24) is 4.90 Å². The van der Waals surface area contributed by atoms with Gasteiger partial charge >= 0.3 is 0 Å². The summed E-state index contributed by atoms with van der Waals surface area (Å²) < 4.78 is 0. The highest BCUT2D eigenvalue weighted by Gasteiger charge is 2.12. The third kappa shape index (κ3) is 4.94. The van der Waals surface area contributed by atoms with Gasteiger partial charge in [0.2, 0.25) is 5.91 Å². The van der Waals surface area contributed by atoms with Gasteiger partial charge in [-0.05, 0) is 26.8 Å². The molecular formula is C14H22N4O3. The van der Waals surface area contributed by atoms with Crippen LogP contribution in [0.1, 0.15) is 20.8 Å². The van der Waals surface area contributed by atoms with Gasteiger partial charge in [0, 0.05) is 43.1 Å². The topological polar surface area (TPSA) is 87.5 Å². The first-order valence-corrected chi connectivity index (χ1v) is 7.06. The van der Waals surface area contributed by atoms with E-state index in [4.69, 9.17) is 0 Å². The van der Waals surface area contributed by atoms with Crippen molar-refractivity contribution < 1.29 is 9.72 Å². The minimum atomic E-state index is -0.446. The number of likely N-dealkylation sites (N-methyl/N-ethyl adjacent to an activating group) is 1. The van der Waals surface area contributed by atoms with E-state index in [2.05, 4.69) is 10.6 Å². The maximum absolute atomic E-state index is 11.9. The van der Waals surface area contributed by atoms with Crippen LogP contribution in [0.5, 0.6) is 0 Å². The second kappa shape index (κ2) is 8.08. The molecule has 0 aromatic heterocycles. The Kier molecular flexibility index (Phi) is 6.45. The molecule has 0 bridgehead atoms. The Morgan fingerprint density at radius 2 is 1.71 bits per heavy atom. The lowest BCUT2D eigenvalue weighted by molar-refractivity contribution is -0.384. The van der Waals surface area contributed by atoms with Crippen molar-refractivity contribution in [3.63, 3.8) is 0 Å². The summed E-state index contributed by atoms with van der Waals surface area (Å²) in [5.41, 5.74) is 1.20. The van der Waals surface area contributed by atoms with Gasteiger partial charge in [0.25, 0.3) is 5.69 Å². The summed E-state index contributed by atoms with van der Waals surface area (Å²) in [5.74, 6) is -0.0310. The first kappa shape index (κ1) is 16.7. The number of carbonyl (C=O) groups is 1. The molecule has 7 nitrogen and oxygen atoms in total. The van der Waals surface area contributed by atoms with Crippen LogP contribution in [0.4, 0.5) is 17.1 Å². The second-order valence-corrected chi connectivity index (χ2v) is 4.48. The Morgan fingerprint density at radius 1 is 1.14 bits per heavy atom. The van der Waals surface area contributed by atoms with E-state index in [1.165, 1.54) is 12.1 Å². The number of nitro groups is 1. The summed E-state index contributed by atoms with van der Waals surface area (Å²) in [6, 6.07) is 4.66. The Bertz CT molecular complexity index is 501. The van der Waals surface area contributed by atoms with E-state index in [0.717, 1.165) is 0 Å². The SMILES string of the molecule is CCNc1cc(NCC(=O)N(CC)CC)cc([N+](=O)[O-])c1. The molecule has 7 heteroatoms. The quantitative estimate of drug-likeness (QED) is 0.567. The molecule has 0 aliphatic rings. The van der Waals surface area contributed by atoms with Crippen molar-refractivity contribution in [3.8, 4) is 0 Å². The minimum Gasteiger partial charge on any atom is -0.385 e. The number of anilines is 2. The van der Waals surface area contributed by atoms with Crippen LogP contribution in [-0.2, 0) is 4.79 Å². The zero-order valence-corrected chi connectivity index (χ0v) is 12.7. The number of amides is 1. The number of nitro benzene ring substituents is 1. The lowest BCUT2D eigenvalue weighted by atomic mass is 10.2. The van der Waals surface area contributed by atoms with Crippen LogP contribution in [0.2, 0.25) is 0 Å². The summed E-state index contributed by atoms with van der Waals surface area (Å²) in [6.45, 7) is 7.82. The summed E-state index contributed by atoms with van der Waals surface area (Å²) in [6.07, 6.45) is 0. The summed E-state index contributed by atoms with van der Waals surface area (Å²) in [7, 11) is 0. The third-order valence-electron chi connectivity index (χ3n) is 3.07. The van der Waals surface area contributed by atoms with E-state index in [0.29, 0.717) is 31.0 Å². The van der Waals surface area contributed by atoms with Crippen molar-refractivity contribution in [2.75, 3.05) is 36.8 Å². The highest BCUT2D eigenvalue weighted by molar-refractivity contribution is 5.81. The van der Waals surface area contributed by atoms with Crippen LogP contribution >= 0.6 is 0 Å². The minimum absolute atomic E-state index is 0.00811. The maximum Gasteiger partial charge on any atom is 0.273 e. The Balaban J connectivity index is 2.82. The number of non-ortho nitro benzene ring substituents is 1. The van der Waals surface area contributed by atoms with E-state index in [9.17, 15) is 14.9 Å². The van der Waals surface area contributed by atoms with E-state index in [1.807, 2.05) is 20.8 Å². The van der Waals surface area contributed by atoms with Gasteiger partial charge in [-0.3, -0.25) is 14.9 Å². The molecule has 116 valence electrons. The van der Waals surface area contributed by atoms with E-state index >= 15 is 0 Å². The van der Waals surface area contributed by atoms with Crippen LogP contribution in [0.15, 0.2) is 18.2 Å². The van der Waals surface area contributed by atoms with Crippen LogP contribution in [0.25, 0.3) is 0 Å². The van der Waals surface area contributed by atoms with Crippen LogP contribution in [0.3, 0.4) is 0 Å². The zero-order valence-electron chi connectivity index (χ0n) is 12.7. The third-order valence-corrected chi connectivity index (χ3v) is 3.07. The molecule has 2 N–H and O–H groups in total. The smallest absolute Gasteiger partial charge is 0.273 e. The van der Waals surface area contributed by atoms with E-state index in [1.54, 1.807) is 11.0 Å². The van der Waals surface area contributed by atoms with Crippen molar-refractivity contribution >= 4 is 23.0 Å². The number of hydrogen-bond acceptors (Lipinski definition) is 5. The fourth-order valence-electron chi connectivity index (χ4n) is 1.99. The summed E-state index contributed by atoms with van der Waals surface area (Å²) >= 11 is 0. The number of nitrogens with one attached hydrogen (secondary N) is 2. The van der Waals surface area contributed by atoms with Gasteiger partial charge in [0.1, 0.15) is 0 Å². The largest absolute Gasteiger partial charge is 0.385 e. The second-order valence-electron chi connectivity index (χ2n) is 4.48. The standard InChI is InChI=1S/C14H22N4O3/c1-4-15-11-7-12(9-13(8-11)18(20)21)16-10-14(19)17(5-2)6-3/h7-9,15-16H,4-6,10H2,1-3H3. The molecule has 0 unspecified atom stereocenters. The van der Waals surface area contributed by atoms with Gasteiger partial charge in [-0.15, -0.1) is 0 Å². The lowest BCUT2D eigenvalue weighted by Gasteiger charge is -2.19. The van der Waals surface area contributed by atoms with Crippen molar-refractivity contribution in [3.05, 3.63) is 28.3 Å². The molecule has 0 fully saturated rings. The molecule has 0 radical (unpaired) electrons. The molecule has 1 rings (SSSR count). The van der Waals surface area contributed by atoms with Crippen molar-refractivity contribution in [1.29, 1.82) is 0 Å². The van der Waals surface area contributed by atoms with Gasteiger partial charge in [-0.25, -0.2) is 0 Å². The van der Waals surface area contributed by atoms with Crippen LogP contribution in [0, 0.1) is 10.1 Å². The van der Waals surface area contributed by atoms with E-state index < -0.39 is 4.92 Å². The van der Waals surface area contributed by atoms with Gasteiger partial charge in [0.05, 0.1) is 11.5 Å². The summed E-state index contributed by atoms with van der Waals surface area (Å²) in [4.78, 5) is 24.1. The molecule has 1 amide bonds. The number of rotatable bonds is 8. The van der Waals surface area contributed by atoms with Crippen LogP contribution < -0.4 is 10.6 Å². The molecule has 1 aromatic rings. The molecule has 0 aliphatic heterocycles. The fourth-order valence-corrected chi connectivity index (χ4v) is 1.99. The normalized spacial score (nSPS) is 10.0. The van der Waals surface area contributed by atoms with Gasteiger partial charge in [-0.2, -0.15) is 0 Å². The fraction of sp³-hybridized carbons (Fsp3) is 0.500. The molecule has 0 saturated carbocycles. The van der Waals surface area contributed by atoms with Crippen molar-refractivity contribution in [2.45, 2.75) is 20.8 Å². The first-order valence-electron chi connectivity index (χ1n) is 7.06. The Morgan fingerprint density at radius 3 is 2.19 bits per heavy atom. The number of nitrogens with zero attached hydrogens (tertiary/aromatic N) is 2. The summed E-state index contributed by atoms with van der Waals surface area (Å²) in [5, 5.41) is 16.9. The molecule has 21 heavy (non-hydrogen) atoms. The average Bonchev–Trinajstić information content (AvgIpc) is 2.46. The average molecular weight is 294 g/mol. The molecule has 1 aromatic carbocycles. The molecule has 0 spiro atoms. The predicted molar refractivity (Wildman–Crippen MR) is 83.7 cm³/mol. The predicted octanol–water partition coefficient (Wildman–Crippen LogP) is 2.31. The van der Waals surface area contributed by atoms with E-state index in [-0.39, 0.29) is 18.1 Å². The zero-order chi connectivity index (χ0) is 15.8. The van der Waals surface area contributed by atoms with Crippen LogP contribution in [-0.4, -0.2) is 41.9 Å². The van der Waals surface area contributed by atoms with Gasteiger partial charge < -0.3 is 15.5 Å². The Hall–Kier alpha value is -2.31. The number of hydrogen-bond donors (Lipinski definition) is 2.